The van der Waals surface area contributed by atoms with E-state index in [1.807, 2.05) is 13.8 Å². The molecule has 0 aliphatic rings. The summed E-state index contributed by atoms with van der Waals surface area (Å²) < 4.78 is 13.6. The van der Waals surface area contributed by atoms with Crippen LogP contribution in [0.5, 0.6) is 0 Å². The molecule has 0 heterocycles. The Hall–Kier alpha value is -1.43. The summed E-state index contributed by atoms with van der Waals surface area (Å²) in [5.41, 5.74) is 18.3. The zero-order chi connectivity index (χ0) is 13.2. The number of nitrogens with one attached hydrogen (secondary N) is 1. The first-order valence-electron chi connectivity index (χ1n) is 5.09. The van der Waals surface area contributed by atoms with Gasteiger partial charge in [0.1, 0.15) is 11.6 Å². The zero-order valence-corrected chi connectivity index (χ0v) is 11.3. The normalized spacial score (nSPS) is 10.4. The molecule has 0 fully saturated rings. The molecule has 1 aromatic carbocycles. The summed E-state index contributed by atoms with van der Waals surface area (Å²) >= 11 is 3.10. The third-order valence-corrected chi connectivity index (χ3v) is 2.69. The van der Waals surface area contributed by atoms with Gasteiger partial charge in [0.2, 0.25) is 0 Å². The molecule has 0 saturated carbocycles. The van der Waals surface area contributed by atoms with Crippen LogP contribution < -0.4 is 22.5 Å². The molecule has 0 bridgehead atoms. The van der Waals surface area contributed by atoms with Gasteiger partial charge in [-0.05, 0) is 41.9 Å². The van der Waals surface area contributed by atoms with Crippen LogP contribution in [0.25, 0.3) is 5.70 Å². The van der Waals surface area contributed by atoms with Crippen molar-refractivity contribution in [3.63, 3.8) is 0 Å². The fourth-order valence-electron chi connectivity index (χ4n) is 1.38. The lowest BCUT2D eigenvalue weighted by Crippen LogP contribution is -2.27. The molecule has 0 atom stereocenters. The van der Waals surface area contributed by atoms with Crippen LogP contribution in [0.2, 0.25) is 0 Å². The van der Waals surface area contributed by atoms with E-state index in [9.17, 15) is 4.39 Å². The van der Waals surface area contributed by atoms with Crippen molar-refractivity contribution >= 4 is 27.3 Å². The number of benzene rings is 1. The second-order valence-electron chi connectivity index (χ2n) is 3.98. The number of nitrogen functional groups attached to an aromatic ring is 1. The van der Waals surface area contributed by atoms with Gasteiger partial charge in [0.15, 0.2) is 0 Å². The van der Waals surface area contributed by atoms with Crippen LogP contribution in [-0.4, -0.2) is 6.04 Å². The molecule has 0 aromatic heterocycles. The van der Waals surface area contributed by atoms with Crippen molar-refractivity contribution in [2.75, 3.05) is 5.73 Å². The van der Waals surface area contributed by atoms with Crippen molar-refractivity contribution in [1.82, 2.24) is 5.32 Å². The number of hydrogen-bond acceptors (Lipinski definition) is 4. The monoisotopic (exact) mass is 302 g/mol. The summed E-state index contributed by atoms with van der Waals surface area (Å²) in [6.07, 6.45) is 0. The number of hydrogen-bond donors (Lipinski definition) is 4. The maximum atomic E-state index is 13.3. The molecule has 0 amide bonds. The average molecular weight is 303 g/mol. The first kappa shape index (κ1) is 13.6. The molecule has 1 aromatic rings. The molecular weight excluding hydrogens is 287 g/mol. The summed E-state index contributed by atoms with van der Waals surface area (Å²) in [5.74, 6) is -0.311. The van der Waals surface area contributed by atoms with Crippen LogP contribution in [0.1, 0.15) is 19.4 Å². The molecule has 0 radical (unpaired) electrons. The molecule has 4 nitrogen and oxygen atoms in total. The van der Waals surface area contributed by atoms with E-state index < -0.39 is 5.82 Å². The lowest BCUT2D eigenvalue weighted by Gasteiger charge is -2.17. The molecule has 7 N–H and O–H groups in total. The van der Waals surface area contributed by atoms with E-state index in [0.29, 0.717) is 15.7 Å². The summed E-state index contributed by atoms with van der Waals surface area (Å²) in [6, 6.07) is 2.91. The van der Waals surface area contributed by atoms with Crippen molar-refractivity contribution in [2.24, 2.45) is 11.5 Å². The predicted molar refractivity (Wildman–Crippen MR) is 72.1 cm³/mol. The number of halogens is 2. The molecule has 0 unspecified atom stereocenters. The Morgan fingerprint density at radius 2 is 1.94 bits per heavy atom. The van der Waals surface area contributed by atoms with Gasteiger partial charge in [0.25, 0.3) is 0 Å². The lowest BCUT2D eigenvalue weighted by atomic mass is 10.1. The highest BCUT2D eigenvalue weighted by molar-refractivity contribution is 9.10. The topological polar surface area (TPSA) is 90.1 Å². The highest BCUT2D eigenvalue weighted by atomic mass is 79.9. The smallest absolute Gasteiger partial charge is 0.139 e. The predicted octanol–water partition coefficient (Wildman–Crippen LogP) is 1.71. The number of nitrogens with two attached hydrogens (primary N) is 3. The second-order valence-corrected chi connectivity index (χ2v) is 4.84. The highest BCUT2D eigenvalue weighted by Gasteiger charge is 2.13. The Bertz CT molecular complexity index is 453. The minimum Gasteiger partial charge on any atom is -0.398 e. The maximum Gasteiger partial charge on any atom is 0.139 e. The van der Waals surface area contributed by atoms with Crippen LogP contribution in [0.4, 0.5) is 10.1 Å². The zero-order valence-electron chi connectivity index (χ0n) is 9.72. The second kappa shape index (κ2) is 5.27. The number of anilines is 1. The van der Waals surface area contributed by atoms with Crippen LogP contribution in [0.3, 0.4) is 0 Å². The van der Waals surface area contributed by atoms with Gasteiger partial charge in [-0.25, -0.2) is 4.39 Å². The minimum atomic E-state index is -0.425. The summed E-state index contributed by atoms with van der Waals surface area (Å²) in [4.78, 5) is 0. The Labute approximate surface area is 108 Å². The van der Waals surface area contributed by atoms with Gasteiger partial charge in [0.05, 0.1) is 10.2 Å². The van der Waals surface area contributed by atoms with Gasteiger partial charge in [-0.15, -0.1) is 0 Å². The van der Waals surface area contributed by atoms with Crippen molar-refractivity contribution in [3.05, 3.63) is 33.8 Å². The van der Waals surface area contributed by atoms with Gasteiger partial charge >= 0.3 is 0 Å². The van der Waals surface area contributed by atoms with Crippen LogP contribution in [0.15, 0.2) is 22.4 Å². The molecule has 0 spiro atoms. The van der Waals surface area contributed by atoms with E-state index in [1.165, 1.54) is 6.07 Å². The maximum absolute atomic E-state index is 13.3. The summed E-state index contributed by atoms with van der Waals surface area (Å²) in [7, 11) is 0. The van der Waals surface area contributed by atoms with E-state index in [4.69, 9.17) is 17.2 Å². The Morgan fingerprint density at radius 1 is 1.35 bits per heavy atom. The third-order valence-electron chi connectivity index (χ3n) is 2.08. The van der Waals surface area contributed by atoms with Crippen LogP contribution in [-0.2, 0) is 0 Å². The Morgan fingerprint density at radius 3 is 2.41 bits per heavy atom. The molecule has 0 aliphatic heterocycles. The SMILES string of the molecule is CC(C)NC(=C(N)N)c1cc(Br)c(F)cc1N. The molecule has 94 valence electrons. The molecule has 1 rings (SSSR count). The quantitative estimate of drug-likeness (QED) is 0.640. The van der Waals surface area contributed by atoms with E-state index in [0.717, 1.165) is 0 Å². The molecular formula is C11H16BrFN4. The van der Waals surface area contributed by atoms with Gasteiger partial charge in [-0.2, -0.15) is 0 Å². The van der Waals surface area contributed by atoms with E-state index >= 15 is 0 Å². The van der Waals surface area contributed by atoms with Gasteiger partial charge in [-0.3, -0.25) is 0 Å². The van der Waals surface area contributed by atoms with E-state index in [1.54, 1.807) is 6.07 Å². The fourth-order valence-corrected chi connectivity index (χ4v) is 1.73. The summed E-state index contributed by atoms with van der Waals surface area (Å²) in [5, 5.41) is 3.09. The summed E-state index contributed by atoms with van der Waals surface area (Å²) in [6.45, 7) is 3.88. The lowest BCUT2D eigenvalue weighted by molar-refractivity contribution is 0.621. The first-order chi connectivity index (χ1) is 7.82. The number of rotatable bonds is 3. The van der Waals surface area contributed by atoms with E-state index in [2.05, 4.69) is 21.2 Å². The largest absolute Gasteiger partial charge is 0.398 e. The first-order valence-corrected chi connectivity index (χ1v) is 5.89. The molecule has 17 heavy (non-hydrogen) atoms. The highest BCUT2D eigenvalue weighted by Crippen LogP contribution is 2.27. The molecule has 0 saturated heterocycles. The Kier molecular flexibility index (Phi) is 4.22. The van der Waals surface area contributed by atoms with Crippen molar-refractivity contribution < 1.29 is 4.39 Å². The fraction of sp³-hybridized carbons (Fsp3) is 0.273. The minimum absolute atomic E-state index is 0.115. The van der Waals surface area contributed by atoms with Crippen molar-refractivity contribution in [2.45, 2.75) is 19.9 Å². The van der Waals surface area contributed by atoms with Gasteiger partial charge in [0, 0.05) is 17.3 Å². The van der Waals surface area contributed by atoms with Gasteiger partial charge < -0.3 is 22.5 Å². The average Bonchev–Trinajstić information content (AvgIpc) is 2.20. The van der Waals surface area contributed by atoms with Crippen LogP contribution >= 0.6 is 15.9 Å². The van der Waals surface area contributed by atoms with Crippen molar-refractivity contribution in [3.8, 4) is 0 Å². The van der Waals surface area contributed by atoms with Crippen LogP contribution in [0, 0.1) is 5.82 Å². The molecule has 6 heteroatoms. The Balaban J connectivity index is 3.30. The van der Waals surface area contributed by atoms with Crippen molar-refractivity contribution in [1.29, 1.82) is 0 Å². The molecule has 0 aliphatic carbocycles. The third kappa shape index (κ3) is 3.26. The standard InChI is InChI=1S/C11H16BrFN4/c1-5(2)17-10(11(15)16)6-3-7(12)8(13)4-9(6)14/h3-5,17H,14-16H2,1-2H3. The van der Waals surface area contributed by atoms with Gasteiger partial charge in [-0.1, -0.05) is 0 Å². The van der Waals surface area contributed by atoms with E-state index in [-0.39, 0.29) is 17.6 Å².